The molecular weight excluding hydrogens is 310 g/mol. The Kier molecular flexibility index (Phi) is 5.78. The first-order chi connectivity index (χ1) is 11.5. The Hall–Kier alpha value is -3.02. The molecule has 0 fully saturated rings. The van der Waals surface area contributed by atoms with E-state index in [1.807, 2.05) is 13.8 Å². The highest BCUT2D eigenvalue weighted by atomic mass is 16.5. The van der Waals surface area contributed by atoms with E-state index < -0.39 is 11.9 Å². The van der Waals surface area contributed by atoms with Gasteiger partial charge in [-0.15, -0.1) is 0 Å². The van der Waals surface area contributed by atoms with Crippen LogP contribution < -0.4 is 10.1 Å². The minimum absolute atomic E-state index is 0.268. The molecule has 1 aromatic heterocycles. The fourth-order valence-electron chi connectivity index (χ4n) is 1.83. The molecule has 2 aromatic rings. The summed E-state index contributed by atoms with van der Waals surface area (Å²) in [5.41, 5.74) is 0.0635. The SMILES string of the molecule is CC(C)COc1ccc(C(=O)N/C(=C\c2ccco2)C(=O)O)cc1. The van der Waals surface area contributed by atoms with Gasteiger partial charge in [0.25, 0.3) is 5.91 Å². The summed E-state index contributed by atoms with van der Waals surface area (Å²) < 4.78 is 10.6. The molecule has 0 saturated heterocycles. The molecule has 1 heterocycles. The maximum Gasteiger partial charge on any atom is 0.352 e. The van der Waals surface area contributed by atoms with Gasteiger partial charge < -0.3 is 19.6 Å². The molecule has 6 heteroatoms. The normalized spacial score (nSPS) is 11.4. The number of carbonyl (C=O) groups is 2. The average molecular weight is 329 g/mol. The lowest BCUT2D eigenvalue weighted by molar-refractivity contribution is -0.132. The molecule has 0 unspecified atom stereocenters. The van der Waals surface area contributed by atoms with E-state index in [1.165, 1.54) is 12.3 Å². The van der Waals surface area contributed by atoms with Crippen molar-refractivity contribution in [3.63, 3.8) is 0 Å². The van der Waals surface area contributed by atoms with Gasteiger partial charge in [0, 0.05) is 11.6 Å². The Labute approximate surface area is 139 Å². The second-order valence-electron chi connectivity index (χ2n) is 5.56. The van der Waals surface area contributed by atoms with E-state index in [-0.39, 0.29) is 5.70 Å². The molecule has 0 aliphatic heterocycles. The van der Waals surface area contributed by atoms with Crippen LogP contribution in [-0.4, -0.2) is 23.6 Å². The highest BCUT2D eigenvalue weighted by Gasteiger charge is 2.14. The van der Waals surface area contributed by atoms with Crippen molar-refractivity contribution in [1.29, 1.82) is 0 Å². The third kappa shape index (κ3) is 5.01. The van der Waals surface area contributed by atoms with Crippen LogP contribution in [0, 0.1) is 5.92 Å². The monoisotopic (exact) mass is 329 g/mol. The summed E-state index contributed by atoms with van der Waals surface area (Å²) in [6.45, 7) is 4.67. The lowest BCUT2D eigenvalue weighted by atomic mass is 10.2. The molecular formula is C18H19NO5. The first-order valence-corrected chi connectivity index (χ1v) is 7.48. The molecule has 0 aliphatic carbocycles. The summed E-state index contributed by atoms with van der Waals surface area (Å²) in [6, 6.07) is 9.73. The van der Waals surface area contributed by atoms with E-state index in [9.17, 15) is 14.7 Å². The van der Waals surface area contributed by atoms with Gasteiger partial charge in [-0.2, -0.15) is 0 Å². The number of amides is 1. The summed E-state index contributed by atoms with van der Waals surface area (Å²) in [6.07, 6.45) is 2.67. The predicted octanol–water partition coefficient (Wildman–Crippen LogP) is 3.17. The minimum atomic E-state index is -1.25. The van der Waals surface area contributed by atoms with Crippen molar-refractivity contribution in [1.82, 2.24) is 5.32 Å². The van der Waals surface area contributed by atoms with Gasteiger partial charge in [0.2, 0.25) is 0 Å². The topological polar surface area (TPSA) is 88.8 Å². The second kappa shape index (κ2) is 8.01. The number of carbonyl (C=O) groups excluding carboxylic acids is 1. The second-order valence-corrected chi connectivity index (χ2v) is 5.56. The zero-order valence-corrected chi connectivity index (χ0v) is 13.5. The lowest BCUT2D eigenvalue weighted by Crippen LogP contribution is -2.27. The van der Waals surface area contributed by atoms with Crippen molar-refractivity contribution in [2.75, 3.05) is 6.61 Å². The number of carboxylic acids is 1. The molecule has 2 N–H and O–H groups in total. The van der Waals surface area contributed by atoms with Crippen LogP contribution in [0.2, 0.25) is 0 Å². The highest BCUT2D eigenvalue weighted by Crippen LogP contribution is 2.14. The standard InChI is InChI=1S/C18H19NO5/c1-12(2)11-24-14-7-5-13(6-8-14)17(20)19-16(18(21)22)10-15-4-3-9-23-15/h3-10,12H,11H2,1-2H3,(H,19,20)(H,21,22)/b16-10-. The first kappa shape index (κ1) is 17.3. The maximum atomic E-state index is 12.2. The number of nitrogens with one attached hydrogen (secondary N) is 1. The summed E-state index contributed by atoms with van der Waals surface area (Å²) >= 11 is 0. The lowest BCUT2D eigenvalue weighted by Gasteiger charge is -2.09. The number of benzene rings is 1. The van der Waals surface area contributed by atoms with Gasteiger partial charge in [0.1, 0.15) is 17.2 Å². The van der Waals surface area contributed by atoms with E-state index in [0.717, 1.165) is 0 Å². The molecule has 0 spiro atoms. The molecule has 126 valence electrons. The summed E-state index contributed by atoms with van der Waals surface area (Å²) in [7, 11) is 0. The molecule has 0 radical (unpaired) electrons. The fraction of sp³-hybridized carbons (Fsp3) is 0.222. The van der Waals surface area contributed by atoms with Gasteiger partial charge in [-0.05, 0) is 42.3 Å². The van der Waals surface area contributed by atoms with Crippen molar-refractivity contribution in [2.45, 2.75) is 13.8 Å². The van der Waals surface area contributed by atoms with Crippen molar-refractivity contribution in [2.24, 2.45) is 5.92 Å². The fourth-order valence-corrected chi connectivity index (χ4v) is 1.83. The van der Waals surface area contributed by atoms with Crippen LogP contribution in [-0.2, 0) is 4.79 Å². The third-order valence-electron chi connectivity index (χ3n) is 3.01. The van der Waals surface area contributed by atoms with Crippen LogP contribution in [0.4, 0.5) is 0 Å². The van der Waals surface area contributed by atoms with Crippen LogP contribution in [0.5, 0.6) is 5.75 Å². The molecule has 1 aromatic carbocycles. The molecule has 1 amide bonds. The molecule has 2 rings (SSSR count). The first-order valence-electron chi connectivity index (χ1n) is 7.48. The van der Waals surface area contributed by atoms with Gasteiger partial charge in [-0.3, -0.25) is 4.79 Å². The van der Waals surface area contributed by atoms with E-state index in [2.05, 4.69) is 5.32 Å². The number of hydrogen-bond donors (Lipinski definition) is 2. The van der Waals surface area contributed by atoms with Gasteiger partial charge in [-0.1, -0.05) is 13.8 Å². The Morgan fingerprint density at radius 1 is 1.25 bits per heavy atom. The van der Waals surface area contributed by atoms with Gasteiger partial charge in [-0.25, -0.2) is 4.79 Å². The van der Waals surface area contributed by atoms with Gasteiger partial charge in [0.05, 0.1) is 12.9 Å². The largest absolute Gasteiger partial charge is 0.493 e. The van der Waals surface area contributed by atoms with E-state index in [0.29, 0.717) is 29.6 Å². The predicted molar refractivity (Wildman–Crippen MR) is 88.6 cm³/mol. The molecule has 0 bridgehead atoms. The zero-order chi connectivity index (χ0) is 17.5. The number of hydrogen-bond acceptors (Lipinski definition) is 4. The smallest absolute Gasteiger partial charge is 0.352 e. The van der Waals surface area contributed by atoms with Crippen molar-refractivity contribution >= 4 is 18.0 Å². The summed E-state index contributed by atoms with van der Waals surface area (Å²) in [4.78, 5) is 23.4. The molecule has 0 atom stereocenters. The zero-order valence-electron chi connectivity index (χ0n) is 13.5. The van der Waals surface area contributed by atoms with E-state index in [1.54, 1.807) is 36.4 Å². The van der Waals surface area contributed by atoms with Gasteiger partial charge >= 0.3 is 5.97 Å². The Balaban J connectivity index is 2.06. The van der Waals surface area contributed by atoms with Crippen LogP contribution in [0.25, 0.3) is 6.08 Å². The van der Waals surface area contributed by atoms with Crippen LogP contribution >= 0.6 is 0 Å². The Bertz CT molecular complexity index is 714. The van der Waals surface area contributed by atoms with Crippen LogP contribution in [0.15, 0.2) is 52.8 Å². The highest BCUT2D eigenvalue weighted by molar-refractivity contribution is 6.02. The number of rotatable bonds is 7. The molecule has 24 heavy (non-hydrogen) atoms. The maximum absolute atomic E-state index is 12.2. The number of carboxylic acid groups (broad SMARTS) is 1. The van der Waals surface area contributed by atoms with E-state index >= 15 is 0 Å². The minimum Gasteiger partial charge on any atom is -0.493 e. The van der Waals surface area contributed by atoms with Crippen molar-refractivity contribution < 1.29 is 23.8 Å². The molecule has 0 saturated carbocycles. The third-order valence-corrected chi connectivity index (χ3v) is 3.01. The number of aliphatic carboxylic acids is 1. The molecule has 0 aliphatic rings. The van der Waals surface area contributed by atoms with Crippen LogP contribution in [0.3, 0.4) is 0 Å². The van der Waals surface area contributed by atoms with E-state index in [4.69, 9.17) is 9.15 Å². The Morgan fingerprint density at radius 2 is 1.96 bits per heavy atom. The molecule has 6 nitrogen and oxygen atoms in total. The average Bonchev–Trinajstić information content (AvgIpc) is 3.05. The quantitative estimate of drug-likeness (QED) is 0.762. The van der Waals surface area contributed by atoms with Crippen LogP contribution in [0.1, 0.15) is 30.0 Å². The van der Waals surface area contributed by atoms with Crippen molar-refractivity contribution in [3.8, 4) is 5.75 Å². The van der Waals surface area contributed by atoms with Crippen molar-refractivity contribution in [3.05, 3.63) is 59.7 Å². The number of furan rings is 1. The summed E-state index contributed by atoms with van der Waals surface area (Å²) in [5.74, 6) is -0.380. The Morgan fingerprint density at radius 3 is 2.50 bits per heavy atom. The summed E-state index contributed by atoms with van der Waals surface area (Å²) in [5, 5.41) is 11.6. The number of ether oxygens (including phenoxy) is 1. The van der Waals surface area contributed by atoms with Gasteiger partial charge in [0.15, 0.2) is 0 Å².